The third-order valence-electron chi connectivity index (χ3n) is 19.8. The number of aryl methyl sites for hydroxylation is 3. The van der Waals surface area contributed by atoms with Gasteiger partial charge in [-0.05, 0) is 162 Å². The number of thioether (sulfide) groups is 8. The lowest BCUT2D eigenvalue weighted by atomic mass is 9.97. The largest absolute Gasteiger partial charge is 0.497 e. The summed E-state index contributed by atoms with van der Waals surface area (Å²) in [5.41, 5.74) is 19.1. The van der Waals surface area contributed by atoms with Crippen molar-refractivity contribution in [2.75, 3.05) is 86.0 Å². The van der Waals surface area contributed by atoms with Gasteiger partial charge in [-0.1, -0.05) is 229 Å². The Bertz CT molecular complexity index is 5180. The summed E-state index contributed by atoms with van der Waals surface area (Å²) in [4.78, 5) is 50.3. The first-order valence-electron chi connectivity index (χ1n) is 37.8. The van der Waals surface area contributed by atoms with Crippen molar-refractivity contribution in [2.45, 2.75) is 37.1 Å². The van der Waals surface area contributed by atoms with E-state index in [1.165, 1.54) is 96.1 Å². The molecule has 0 aromatic heterocycles. The van der Waals surface area contributed by atoms with Crippen molar-refractivity contribution in [3.05, 3.63) is 403 Å². The van der Waals surface area contributed by atoms with Crippen molar-refractivity contribution < 1.29 is 38.1 Å². The van der Waals surface area contributed by atoms with Gasteiger partial charge < -0.3 is 18.9 Å². The molecule has 4 aliphatic heterocycles. The van der Waals surface area contributed by atoms with E-state index in [9.17, 15) is 19.2 Å². The van der Waals surface area contributed by atoms with E-state index < -0.39 is 0 Å². The van der Waals surface area contributed by atoms with Crippen LogP contribution in [-0.4, -0.2) is 109 Å². The summed E-state index contributed by atoms with van der Waals surface area (Å²) in [5, 5.41) is 0. The molecule has 12 aromatic rings. The molecule has 12 aromatic carbocycles. The minimum Gasteiger partial charge on any atom is -0.497 e. The summed E-state index contributed by atoms with van der Waals surface area (Å²) < 4.78 is 20.9. The van der Waals surface area contributed by atoms with Crippen LogP contribution in [0, 0.1) is 20.8 Å². The first-order valence-corrected chi connectivity index (χ1v) is 46.9. The number of hydrogen-bond acceptors (Lipinski definition) is 18. The van der Waals surface area contributed by atoms with Gasteiger partial charge in [0.15, 0.2) is 23.1 Å². The third kappa shape index (κ3) is 20.8. The van der Waals surface area contributed by atoms with Gasteiger partial charge in [0.2, 0.25) is 0 Å². The maximum atomic E-state index is 12.7. The van der Waals surface area contributed by atoms with Crippen LogP contribution in [0.3, 0.4) is 0 Å². The molecule has 0 spiro atoms. The van der Waals surface area contributed by atoms with Crippen LogP contribution in [0.1, 0.15) is 125 Å². The van der Waals surface area contributed by atoms with E-state index >= 15 is 0 Å². The lowest BCUT2D eigenvalue weighted by molar-refractivity contribution is 0.102. The van der Waals surface area contributed by atoms with Crippen LogP contribution in [-0.2, 0) is 16.3 Å². The van der Waals surface area contributed by atoms with Gasteiger partial charge in [-0.25, -0.2) is 0 Å². The number of thiol groups is 2. The van der Waals surface area contributed by atoms with Crippen molar-refractivity contribution >= 4 is 142 Å². The Labute approximate surface area is 723 Å². The molecular weight excluding hydrogens is 1610 g/mol. The van der Waals surface area contributed by atoms with E-state index in [4.69, 9.17) is 18.9 Å². The standard InChI is InChI=1S/C26H26OS4.C25H24OS4.2C22H18O3.C2H6S2/c1-19-3-5-20(6-4-19)25(28-15-16-29-25)21-7-9-22(10-8-21)26(30-17-18-31-26)23-11-13-24(27-2)14-12-23;1-26-23-12-10-20(11-13-23)25(29-16-17-30-25)22-9-5-8-21(18-22)24(27-14-15-28-24)19-6-3-2-4-7-19;1-15-3-5-16(6-4-15)21(23)17-7-9-18(10-8-17)22(24)19-11-13-20(25-2)14-12-19;1-15-5-3-6-17(13-15)22(24)19-8-4-7-18(14-19)21(23)16-9-11-20(25-2)12-10-16;3-1-2-4/h3-14H,15-18H2,1-2H3;2-13,18H,14-17H2,1H3;2*3-14H,1-2H3;3-4H,1-2H2. The molecule has 8 nitrogen and oxygen atoms in total. The third-order valence-corrected chi connectivity index (χ3v) is 34.7. The molecule has 16 rings (SSSR count). The molecule has 4 heterocycles. The van der Waals surface area contributed by atoms with Crippen molar-refractivity contribution in [1.82, 2.24) is 0 Å². The van der Waals surface area contributed by atoms with Gasteiger partial charge in [0.05, 0.1) is 28.4 Å². The SMILES string of the molecule is COc1ccc(C(=O)c2ccc(C(=O)c3ccc(C)cc3)cc2)cc1.COc1ccc(C(=O)c2cccc(C(=O)c3cccc(C)c3)c2)cc1.COc1ccc(C2(c3ccc(C4(c5ccc(C)cc5)SCCS4)cc3)SCCS2)cc1.COc1ccc(C2(c3cccc(C4(c5ccccc5)SCCS4)c3)SCCS2)cc1.SCCS. The van der Waals surface area contributed by atoms with Gasteiger partial charge in [-0.3, -0.25) is 19.2 Å². The van der Waals surface area contributed by atoms with E-state index in [2.05, 4.69) is 278 Å². The van der Waals surface area contributed by atoms with E-state index in [0.29, 0.717) is 56.0 Å². The van der Waals surface area contributed by atoms with Crippen LogP contribution in [0.2, 0.25) is 0 Å². The lowest BCUT2D eigenvalue weighted by Crippen LogP contribution is -2.20. The summed E-state index contributed by atoms with van der Waals surface area (Å²) in [6.45, 7) is 6.09. The molecule has 588 valence electrons. The number of carbonyl (C=O) groups is 4. The van der Waals surface area contributed by atoms with Gasteiger partial charge in [0.1, 0.15) is 39.3 Å². The minimum absolute atomic E-state index is 0.00763. The number of carbonyl (C=O) groups excluding carboxylic acids is 4. The second-order valence-corrected chi connectivity index (χ2v) is 39.6. The molecule has 0 unspecified atom stereocenters. The van der Waals surface area contributed by atoms with E-state index in [1.807, 2.05) is 56.3 Å². The van der Waals surface area contributed by atoms with Gasteiger partial charge in [-0.15, -0.1) is 94.1 Å². The molecule has 0 amide bonds. The zero-order valence-electron chi connectivity index (χ0n) is 65.3. The summed E-state index contributed by atoms with van der Waals surface area (Å²) in [7, 11) is 6.62. The average Bonchev–Trinajstić information content (AvgIpc) is 1.67. The van der Waals surface area contributed by atoms with Crippen LogP contribution in [0.5, 0.6) is 23.0 Å². The normalized spacial score (nSPS) is 15.1. The topological polar surface area (TPSA) is 105 Å². The smallest absolute Gasteiger partial charge is 0.193 e. The minimum atomic E-state index is -0.124. The highest BCUT2D eigenvalue weighted by Crippen LogP contribution is 2.62. The van der Waals surface area contributed by atoms with Gasteiger partial charge in [0, 0.05) is 90.5 Å². The lowest BCUT2D eigenvalue weighted by Gasteiger charge is -2.33. The van der Waals surface area contributed by atoms with Crippen LogP contribution in [0.4, 0.5) is 0 Å². The first kappa shape index (κ1) is 86.4. The monoisotopic (exact) mass is 1700 g/mol. The van der Waals surface area contributed by atoms with Crippen LogP contribution >= 0.6 is 119 Å². The zero-order valence-corrected chi connectivity index (χ0v) is 73.6. The van der Waals surface area contributed by atoms with Crippen molar-refractivity contribution in [3.63, 3.8) is 0 Å². The molecule has 0 radical (unpaired) electrons. The molecule has 0 atom stereocenters. The van der Waals surface area contributed by atoms with Crippen molar-refractivity contribution in [2.24, 2.45) is 0 Å². The predicted octanol–water partition coefficient (Wildman–Crippen LogP) is 24.2. The maximum absolute atomic E-state index is 12.7. The fraction of sp³-hybridized carbons (Fsp3) is 0.216. The Morgan fingerprint density at radius 1 is 0.243 bits per heavy atom. The molecule has 0 aliphatic carbocycles. The van der Waals surface area contributed by atoms with Crippen LogP contribution in [0.25, 0.3) is 0 Å². The van der Waals surface area contributed by atoms with E-state index in [-0.39, 0.29) is 39.4 Å². The summed E-state index contributed by atoms with van der Waals surface area (Å²) >= 11 is 24.2. The Hall–Kier alpha value is -7.98. The fourth-order valence-corrected chi connectivity index (χ4v) is 26.9. The molecule has 0 N–H and O–H groups in total. The van der Waals surface area contributed by atoms with Crippen molar-refractivity contribution in [3.8, 4) is 23.0 Å². The summed E-state index contributed by atoms with van der Waals surface area (Å²) in [6, 6.07) is 98.7. The molecule has 4 aliphatic rings. The Morgan fingerprint density at radius 2 is 0.470 bits per heavy atom. The fourth-order valence-electron chi connectivity index (χ4n) is 13.8. The van der Waals surface area contributed by atoms with Gasteiger partial charge in [-0.2, -0.15) is 25.3 Å². The van der Waals surface area contributed by atoms with Crippen molar-refractivity contribution in [1.29, 1.82) is 0 Å². The zero-order chi connectivity index (χ0) is 80.8. The average molecular weight is 1710 g/mol. The maximum Gasteiger partial charge on any atom is 0.193 e. The number of ether oxygens (including phenoxy) is 4. The first-order chi connectivity index (χ1) is 56.0. The quantitative estimate of drug-likeness (QED) is 0.0526. The Balaban J connectivity index is 0.000000140. The molecule has 4 fully saturated rings. The van der Waals surface area contributed by atoms with Gasteiger partial charge >= 0.3 is 0 Å². The van der Waals surface area contributed by atoms with Crippen LogP contribution in [0.15, 0.2) is 297 Å². The summed E-state index contributed by atoms with van der Waals surface area (Å²) in [5.74, 6) is 14.1. The highest BCUT2D eigenvalue weighted by Gasteiger charge is 2.45. The number of ketones is 4. The second-order valence-electron chi connectivity index (χ2n) is 27.2. The van der Waals surface area contributed by atoms with E-state index in [1.54, 1.807) is 132 Å². The second kappa shape index (κ2) is 41.4. The van der Waals surface area contributed by atoms with Crippen LogP contribution < -0.4 is 18.9 Å². The summed E-state index contributed by atoms with van der Waals surface area (Å²) in [6.07, 6.45) is 0. The number of rotatable bonds is 21. The predicted molar refractivity (Wildman–Crippen MR) is 502 cm³/mol. The molecular formula is C97H92O8S10. The highest BCUT2D eigenvalue weighted by molar-refractivity contribution is 8.22. The molecule has 4 saturated heterocycles. The number of methoxy groups -OCH3 is 4. The molecule has 0 bridgehead atoms. The molecule has 18 heteroatoms. The molecule has 115 heavy (non-hydrogen) atoms. The van der Waals surface area contributed by atoms with Gasteiger partial charge in [0.25, 0.3) is 0 Å². The Morgan fingerprint density at radius 3 is 0.791 bits per heavy atom. The number of benzene rings is 12. The highest BCUT2D eigenvalue weighted by atomic mass is 32.2. The molecule has 0 saturated carbocycles. The van der Waals surface area contributed by atoms with E-state index in [0.717, 1.165) is 34.1 Å². The number of hydrogen-bond donors (Lipinski definition) is 2. The Kier molecular flexibility index (Phi) is 31.1.